The Labute approximate surface area is 400 Å². The van der Waals surface area contributed by atoms with Crippen LogP contribution in [-0.4, -0.2) is 26.7 Å². The van der Waals surface area contributed by atoms with Crippen LogP contribution in [0.15, 0.2) is 225 Å². The second-order valence-corrected chi connectivity index (χ2v) is 18.9. The van der Waals surface area contributed by atoms with Crippen LogP contribution in [0.5, 0.6) is 11.5 Å². The van der Waals surface area contributed by atoms with Crippen molar-refractivity contribution in [2.75, 3.05) is 6.79 Å². The molecule has 0 saturated heterocycles. The number of hydrogen-bond acceptors (Lipinski definition) is 6. The van der Waals surface area contributed by atoms with E-state index in [1.54, 1.807) is 12.4 Å². The minimum absolute atomic E-state index is 0. The van der Waals surface area contributed by atoms with Crippen LogP contribution in [-0.2, 0) is 0 Å². The summed E-state index contributed by atoms with van der Waals surface area (Å²) in [7, 11) is -0.892. The van der Waals surface area contributed by atoms with Gasteiger partial charge in [0.05, 0.1) is 5.52 Å². The van der Waals surface area contributed by atoms with Crippen LogP contribution in [0.1, 0.15) is 11.4 Å². The van der Waals surface area contributed by atoms with Gasteiger partial charge in [-0.2, -0.15) is 0 Å². The number of aromatic nitrogens is 4. The van der Waals surface area contributed by atoms with Crippen molar-refractivity contribution in [3.63, 3.8) is 0 Å². The van der Waals surface area contributed by atoms with Gasteiger partial charge in [0, 0.05) is 28.2 Å². The van der Waals surface area contributed by atoms with Gasteiger partial charge < -0.3 is 9.47 Å². The molecule has 0 bridgehead atoms. The fourth-order valence-electron chi connectivity index (χ4n) is 7.11. The van der Waals surface area contributed by atoms with E-state index in [9.17, 15) is 4.39 Å². The Morgan fingerprint density at radius 2 is 0.742 bits per heavy atom. The van der Waals surface area contributed by atoms with Crippen molar-refractivity contribution < 1.29 is 13.9 Å². The van der Waals surface area contributed by atoms with Crippen LogP contribution >= 0.6 is 40.7 Å². The van der Waals surface area contributed by atoms with Crippen LogP contribution in [0.2, 0.25) is 0 Å². The smallest absolute Gasteiger partial charge is 0.231 e. The number of benzene rings is 8. The molecule has 66 heavy (non-hydrogen) atoms. The first-order valence-electron chi connectivity index (χ1n) is 20.8. The largest absolute Gasteiger partial charge is 0.454 e. The van der Waals surface area contributed by atoms with Crippen molar-refractivity contribution >= 4 is 94.3 Å². The summed E-state index contributed by atoms with van der Waals surface area (Å²) in [6.45, 7) is 4.08. The number of fused-ring (bicyclic) bond motifs is 3. The molecule has 2 aromatic heterocycles. The van der Waals surface area contributed by atoms with Crippen LogP contribution in [0.25, 0.3) is 21.8 Å². The lowest BCUT2D eigenvalue weighted by Crippen LogP contribution is -2.20. The minimum Gasteiger partial charge on any atom is -0.454 e. The van der Waals surface area contributed by atoms with Crippen molar-refractivity contribution in [3.8, 4) is 11.5 Å². The summed E-state index contributed by atoms with van der Waals surface area (Å²) >= 11 is 0. The molecule has 0 amide bonds. The van der Waals surface area contributed by atoms with Crippen molar-refractivity contribution in [2.24, 2.45) is 0 Å². The zero-order chi connectivity index (χ0) is 43.9. The van der Waals surface area contributed by atoms with Gasteiger partial charge in [0.25, 0.3) is 0 Å². The second kappa shape index (κ2) is 24.6. The topological polar surface area (TPSA) is 70.0 Å². The number of ether oxygens (including phenoxy) is 2. The van der Waals surface area contributed by atoms with Gasteiger partial charge in [0.15, 0.2) is 11.5 Å². The zero-order valence-corrected chi connectivity index (χ0v) is 39.7. The standard InChI is InChI=1S/2C18H15P.C10H8N2O2.C9H7FN2.2ClH/c2*1-4-10-16(11-5-1)19(17-12-6-2-7-13-17)18-14-8-3-9-15-18;1-6-7-2-9-10(14-5-13-9)3-8(7)12-4-11-6;1-6-7-3-2-4-8(10)9(7)12-5-11-6;;/h2*1-15H;2-4H,5H2,1H3;2-5H,1H3;2*1H. The molecule has 330 valence electrons. The van der Waals surface area contributed by atoms with Crippen LogP contribution in [0, 0.1) is 19.7 Å². The quantitative estimate of drug-likeness (QED) is 0.155. The molecule has 8 aromatic carbocycles. The fourth-order valence-corrected chi connectivity index (χ4v) is 11.7. The molecule has 0 saturated carbocycles. The van der Waals surface area contributed by atoms with Gasteiger partial charge in [-0.3, -0.25) is 0 Å². The number of nitrogens with zero attached hydrogens (tertiary/aromatic N) is 4. The molecule has 11 rings (SSSR count). The fraction of sp³-hybridized carbons (Fsp3) is 0.0545. The molecular weight excluding hydrogens is 900 g/mol. The van der Waals surface area contributed by atoms with E-state index < -0.39 is 15.8 Å². The van der Waals surface area contributed by atoms with Gasteiger partial charge in [-0.05, 0) is 73.7 Å². The van der Waals surface area contributed by atoms with Crippen LogP contribution in [0.3, 0.4) is 0 Å². The molecule has 0 radical (unpaired) electrons. The minimum atomic E-state index is -0.446. The maximum Gasteiger partial charge on any atom is 0.231 e. The Morgan fingerprint density at radius 1 is 0.394 bits per heavy atom. The highest BCUT2D eigenvalue weighted by molar-refractivity contribution is 7.80. The van der Waals surface area contributed by atoms with Gasteiger partial charge in [-0.15, -0.1) is 24.8 Å². The lowest BCUT2D eigenvalue weighted by Gasteiger charge is -2.18. The molecule has 10 aromatic rings. The Bertz CT molecular complexity index is 2680. The molecule has 0 unspecified atom stereocenters. The molecule has 6 nitrogen and oxygen atoms in total. The normalized spacial score (nSPS) is 10.9. The van der Waals surface area contributed by atoms with E-state index in [2.05, 4.69) is 202 Å². The van der Waals surface area contributed by atoms with E-state index in [-0.39, 0.29) is 37.4 Å². The van der Waals surface area contributed by atoms with Crippen LogP contribution < -0.4 is 41.3 Å². The van der Waals surface area contributed by atoms with E-state index in [0.717, 1.165) is 39.2 Å². The van der Waals surface area contributed by atoms with Crippen molar-refractivity contribution in [2.45, 2.75) is 13.8 Å². The number of rotatable bonds is 6. The molecule has 0 atom stereocenters. The molecule has 1 aliphatic rings. The third kappa shape index (κ3) is 12.4. The summed E-state index contributed by atoms with van der Waals surface area (Å²) in [5.74, 6) is 1.24. The molecule has 0 N–H and O–H groups in total. The second-order valence-electron chi connectivity index (χ2n) is 14.5. The highest BCUT2D eigenvalue weighted by atomic mass is 35.5. The summed E-state index contributed by atoms with van der Waals surface area (Å²) < 4.78 is 23.6. The monoisotopic (exact) mass is 946 g/mol. The zero-order valence-electron chi connectivity index (χ0n) is 36.3. The maximum absolute atomic E-state index is 13.1. The van der Waals surface area contributed by atoms with E-state index in [1.807, 2.05) is 32.0 Å². The van der Waals surface area contributed by atoms with E-state index >= 15 is 0 Å². The molecule has 0 aliphatic carbocycles. The Balaban J connectivity index is 0.000000146. The summed E-state index contributed by atoms with van der Waals surface area (Å²) in [5.41, 5.74) is 3.04. The maximum atomic E-state index is 13.1. The number of halogens is 3. The average Bonchev–Trinajstić information content (AvgIpc) is 3.82. The van der Waals surface area contributed by atoms with E-state index in [0.29, 0.717) is 5.52 Å². The van der Waals surface area contributed by atoms with Gasteiger partial charge >= 0.3 is 0 Å². The molecule has 3 heterocycles. The first kappa shape index (κ1) is 48.9. The Hall–Kier alpha value is -6.59. The van der Waals surface area contributed by atoms with Gasteiger partial charge in [-0.1, -0.05) is 194 Å². The molecule has 0 spiro atoms. The number of hydrogen-bond donors (Lipinski definition) is 0. The molecule has 1 aliphatic heterocycles. The summed E-state index contributed by atoms with van der Waals surface area (Å²) in [6.07, 6.45) is 2.93. The molecule has 11 heteroatoms. The van der Waals surface area contributed by atoms with E-state index in [4.69, 9.17) is 9.47 Å². The SMILES string of the molecule is Cc1ncnc2c(F)cccc12.Cc1ncnc2cc3c(cc12)OCO3.Cl.Cl.c1ccc(P(c2ccccc2)c2ccccc2)cc1.c1ccc(P(c2ccccc2)c2ccccc2)cc1. The molecule has 0 fully saturated rings. The predicted molar refractivity (Wildman–Crippen MR) is 279 cm³/mol. The lowest BCUT2D eigenvalue weighted by atomic mass is 10.2. The van der Waals surface area contributed by atoms with E-state index in [1.165, 1.54) is 44.2 Å². The van der Waals surface area contributed by atoms with Crippen molar-refractivity contribution in [1.82, 2.24) is 19.9 Å². The van der Waals surface area contributed by atoms with Gasteiger partial charge in [0.2, 0.25) is 6.79 Å². The molecular formula is C55H47Cl2FN4O2P2. The predicted octanol–water partition coefficient (Wildman–Crippen LogP) is 11.5. The third-order valence-corrected chi connectivity index (χ3v) is 15.1. The summed E-state index contributed by atoms with van der Waals surface area (Å²) in [6, 6.07) is 73.3. The lowest BCUT2D eigenvalue weighted by molar-refractivity contribution is 0.174. The Morgan fingerprint density at radius 3 is 1.12 bits per heavy atom. The van der Waals surface area contributed by atoms with Gasteiger partial charge in [0.1, 0.15) is 24.0 Å². The highest BCUT2D eigenvalue weighted by Crippen LogP contribution is 2.36. The number of para-hydroxylation sites is 1. The van der Waals surface area contributed by atoms with Crippen molar-refractivity contribution in [3.05, 3.63) is 242 Å². The van der Waals surface area contributed by atoms with Crippen LogP contribution in [0.4, 0.5) is 4.39 Å². The summed E-state index contributed by atoms with van der Waals surface area (Å²) in [4.78, 5) is 16.1. The highest BCUT2D eigenvalue weighted by Gasteiger charge is 2.17. The number of aryl methyl sites for hydroxylation is 2. The summed E-state index contributed by atoms with van der Waals surface area (Å²) in [5, 5.41) is 10.2. The Kier molecular flexibility index (Phi) is 18.2. The average molecular weight is 948 g/mol. The first-order chi connectivity index (χ1) is 31.5. The third-order valence-electron chi connectivity index (χ3n) is 10.2. The van der Waals surface area contributed by atoms with Crippen molar-refractivity contribution in [1.29, 1.82) is 0 Å². The first-order valence-corrected chi connectivity index (χ1v) is 23.5. The van der Waals surface area contributed by atoms with Gasteiger partial charge in [-0.25, -0.2) is 24.3 Å².